The molecule has 1 aromatic heterocycles. The van der Waals surface area contributed by atoms with Crippen molar-refractivity contribution in [3.63, 3.8) is 0 Å². The van der Waals surface area contributed by atoms with Crippen LogP contribution in [-0.4, -0.2) is 11.8 Å². The summed E-state index contributed by atoms with van der Waals surface area (Å²) < 4.78 is 5.58. The first-order valence-corrected chi connectivity index (χ1v) is 6.72. The van der Waals surface area contributed by atoms with Crippen LogP contribution >= 0.6 is 0 Å². The summed E-state index contributed by atoms with van der Waals surface area (Å²) in [5.41, 5.74) is 13.7. The minimum Gasteiger partial charge on any atom is -0.450 e. The molecule has 0 spiro atoms. The van der Waals surface area contributed by atoms with E-state index in [-0.39, 0.29) is 5.76 Å². The molecule has 0 fully saturated rings. The number of hydrogen-bond acceptors (Lipinski definition) is 3. The summed E-state index contributed by atoms with van der Waals surface area (Å²) in [6.45, 7) is 1.78. The standard InChI is InChI=1S/C17H14N2O3/c1-9-7-8-11-14(12(9)16(18)20)13(15(22-11)17(19)21)10-5-3-2-4-6-10/h2-8H,1H3,(H2,18,20)(H2,19,21). The molecule has 3 rings (SSSR count). The summed E-state index contributed by atoms with van der Waals surface area (Å²) in [5.74, 6) is -1.24. The third-order valence-corrected chi connectivity index (χ3v) is 3.60. The Morgan fingerprint density at radius 2 is 1.64 bits per heavy atom. The molecule has 5 nitrogen and oxygen atoms in total. The lowest BCUT2D eigenvalue weighted by Gasteiger charge is -2.06. The van der Waals surface area contributed by atoms with E-state index in [4.69, 9.17) is 15.9 Å². The van der Waals surface area contributed by atoms with Crippen molar-refractivity contribution in [3.8, 4) is 11.1 Å². The van der Waals surface area contributed by atoms with Gasteiger partial charge in [-0.2, -0.15) is 0 Å². The topological polar surface area (TPSA) is 99.3 Å². The molecule has 5 heteroatoms. The fourth-order valence-corrected chi connectivity index (χ4v) is 2.67. The van der Waals surface area contributed by atoms with Crippen molar-refractivity contribution in [3.05, 3.63) is 59.4 Å². The van der Waals surface area contributed by atoms with Crippen molar-refractivity contribution in [2.45, 2.75) is 6.92 Å². The largest absolute Gasteiger partial charge is 0.450 e. The van der Waals surface area contributed by atoms with Crippen molar-refractivity contribution >= 4 is 22.8 Å². The van der Waals surface area contributed by atoms with Crippen LogP contribution in [0.4, 0.5) is 0 Å². The van der Waals surface area contributed by atoms with Crippen LogP contribution in [-0.2, 0) is 0 Å². The summed E-state index contributed by atoms with van der Waals surface area (Å²) in [6.07, 6.45) is 0. The maximum Gasteiger partial charge on any atom is 0.285 e. The molecule has 22 heavy (non-hydrogen) atoms. The van der Waals surface area contributed by atoms with Gasteiger partial charge in [0.2, 0.25) is 5.91 Å². The van der Waals surface area contributed by atoms with Gasteiger partial charge in [-0.25, -0.2) is 0 Å². The Hall–Kier alpha value is -3.08. The zero-order valence-corrected chi connectivity index (χ0v) is 11.9. The molecule has 0 aliphatic heterocycles. The third kappa shape index (κ3) is 2.03. The predicted molar refractivity (Wildman–Crippen MR) is 83.4 cm³/mol. The highest BCUT2D eigenvalue weighted by Gasteiger charge is 2.24. The molecule has 0 atom stereocenters. The van der Waals surface area contributed by atoms with Crippen LogP contribution in [0, 0.1) is 6.92 Å². The molecule has 0 aliphatic rings. The number of carbonyl (C=O) groups excluding carboxylic acids is 2. The normalized spacial score (nSPS) is 10.8. The average molecular weight is 294 g/mol. The third-order valence-electron chi connectivity index (χ3n) is 3.60. The van der Waals surface area contributed by atoms with Crippen LogP contribution in [0.3, 0.4) is 0 Å². The molecule has 0 aliphatic carbocycles. The first-order chi connectivity index (χ1) is 10.5. The molecular weight excluding hydrogens is 280 g/mol. The Morgan fingerprint density at radius 3 is 2.23 bits per heavy atom. The molecule has 0 radical (unpaired) electrons. The number of aryl methyl sites for hydroxylation is 1. The van der Waals surface area contributed by atoms with Crippen molar-refractivity contribution in [1.82, 2.24) is 0 Å². The number of furan rings is 1. The Kier molecular flexibility index (Phi) is 3.18. The van der Waals surface area contributed by atoms with E-state index in [2.05, 4.69) is 0 Å². The Labute approximate surface area is 126 Å². The fraction of sp³-hybridized carbons (Fsp3) is 0.0588. The highest BCUT2D eigenvalue weighted by Crippen LogP contribution is 2.37. The van der Waals surface area contributed by atoms with Gasteiger partial charge in [0, 0.05) is 10.9 Å². The molecule has 0 saturated heterocycles. The average Bonchev–Trinajstić information content (AvgIpc) is 2.87. The molecular formula is C17H14N2O3. The summed E-state index contributed by atoms with van der Waals surface area (Å²) in [6, 6.07) is 12.6. The smallest absolute Gasteiger partial charge is 0.285 e. The molecule has 4 N–H and O–H groups in total. The first kappa shape index (κ1) is 13.9. The lowest BCUT2D eigenvalue weighted by atomic mass is 9.95. The molecule has 0 saturated carbocycles. The maximum atomic E-state index is 11.9. The maximum absolute atomic E-state index is 11.9. The lowest BCUT2D eigenvalue weighted by molar-refractivity contribution is 0.0974. The zero-order valence-electron chi connectivity index (χ0n) is 11.9. The highest BCUT2D eigenvalue weighted by atomic mass is 16.3. The van der Waals surface area contributed by atoms with Gasteiger partial charge in [-0.1, -0.05) is 36.4 Å². The van der Waals surface area contributed by atoms with Gasteiger partial charge in [0.15, 0.2) is 5.76 Å². The second kappa shape index (κ2) is 5.04. The second-order valence-corrected chi connectivity index (χ2v) is 5.03. The summed E-state index contributed by atoms with van der Waals surface area (Å²) in [4.78, 5) is 23.6. The van der Waals surface area contributed by atoms with E-state index in [1.807, 2.05) is 30.3 Å². The molecule has 2 amide bonds. The van der Waals surface area contributed by atoms with E-state index in [9.17, 15) is 9.59 Å². The van der Waals surface area contributed by atoms with Gasteiger partial charge in [0.05, 0.1) is 5.56 Å². The van der Waals surface area contributed by atoms with Crippen molar-refractivity contribution in [2.75, 3.05) is 0 Å². The van der Waals surface area contributed by atoms with Gasteiger partial charge in [-0.3, -0.25) is 9.59 Å². The minimum absolute atomic E-state index is 0.0225. The van der Waals surface area contributed by atoms with Crippen LogP contribution in [0.15, 0.2) is 46.9 Å². The fourth-order valence-electron chi connectivity index (χ4n) is 2.67. The number of primary amides is 2. The van der Waals surface area contributed by atoms with E-state index >= 15 is 0 Å². The number of rotatable bonds is 3. The Bertz CT molecular complexity index is 895. The lowest BCUT2D eigenvalue weighted by Crippen LogP contribution is -2.14. The summed E-state index contributed by atoms with van der Waals surface area (Å²) >= 11 is 0. The number of amides is 2. The van der Waals surface area contributed by atoms with E-state index in [1.54, 1.807) is 19.1 Å². The van der Waals surface area contributed by atoms with Crippen LogP contribution in [0.5, 0.6) is 0 Å². The van der Waals surface area contributed by atoms with Crippen LogP contribution < -0.4 is 11.5 Å². The monoisotopic (exact) mass is 294 g/mol. The van der Waals surface area contributed by atoms with Crippen LogP contribution in [0.2, 0.25) is 0 Å². The number of hydrogen-bond donors (Lipinski definition) is 2. The van der Waals surface area contributed by atoms with Crippen LogP contribution in [0.1, 0.15) is 26.5 Å². The highest BCUT2D eigenvalue weighted by molar-refractivity contribution is 6.16. The zero-order chi connectivity index (χ0) is 15.9. The van der Waals surface area contributed by atoms with E-state index in [1.165, 1.54) is 0 Å². The minimum atomic E-state index is -0.692. The molecule has 110 valence electrons. The van der Waals surface area contributed by atoms with Crippen molar-refractivity contribution in [2.24, 2.45) is 11.5 Å². The van der Waals surface area contributed by atoms with Crippen molar-refractivity contribution in [1.29, 1.82) is 0 Å². The first-order valence-electron chi connectivity index (χ1n) is 6.72. The second-order valence-electron chi connectivity index (χ2n) is 5.03. The Balaban J connectivity index is 2.51. The number of benzene rings is 2. The van der Waals surface area contributed by atoms with Gasteiger partial charge < -0.3 is 15.9 Å². The van der Waals surface area contributed by atoms with Gasteiger partial charge in [-0.15, -0.1) is 0 Å². The number of nitrogens with two attached hydrogens (primary N) is 2. The molecule has 0 unspecified atom stereocenters. The van der Waals surface area contributed by atoms with Gasteiger partial charge >= 0.3 is 0 Å². The molecule has 0 bridgehead atoms. The van der Waals surface area contributed by atoms with Gasteiger partial charge in [-0.05, 0) is 24.1 Å². The predicted octanol–water partition coefficient (Wildman–Crippen LogP) is 2.61. The quantitative estimate of drug-likeness (QED) is 0.776. The van der Waals surface area contributed by atoms with E-state index < -0.39 is 11.8 Å². The summed E-state index contributed by atoms with van der Waals surface area (Å²) in [7, 11) is 0. The van der Waals surface area contributed by atoms with Gasteiger partial charge in [0.1, 0.15) is 5.58 Å². The summed E-state index contributed by atoms with van der Waals surface area (Å²) in [5, 5.41) is 0.521. The van der Waals surface area contributed by atoms with Crippen molar-refractivity contribution < 1.29 is 14.0 Å². The van der Waals surface area contributed by atoms with Gasteiger partial charge in [0.25, 0.3) is 5.91 Å². The molecule has 3 aromatic rings. The number of fused-ring (bicyclic) bond motifs is 1. The molecule has 2 aromatic carbocycles. The SMILES string of the molecule is Cc1ccc2oc(C(N)=O)c(-c3ccccc3)c2c1C(N)=O. The van der Waals surface area contributed by atoms with E-state index in [0.717, 1.165) is 5.56 Å². The Morgan fingerprint density at radius 1 is 0.955 bits per heavy atom. The van der Waals surface area contributed by atoms with E-state index in [0.29, 0.717) is 27.7 Å². The number of carbonyl (C=O) groups is 2. The molecule has 1 heterocycles. The van der Waals surface area contributed by atoms with Crippen LogP contribution in [0.25, 0.3) is 22.1 Å².